The summed E-state index contributed by atoms with van der Waals surface area (Å²) in [5.41, 5.74) is 3.01. The number of ether oxygens (including phenoxy) is 1. The molecule has 1 atom stereocenters. The molecule has 30 heavy (non-hydrogen) atoms. The summed E-state index contributed by atoms with van der Waals surface area (Å²) >= 11 is 6.11. The highest BCUT2D eigenvalue weighted by Gasteiger charge is 2.36. The van der Waals surface area contributed by atoms with Gasteiger partial charge in [-0.1, -0.05) is 60.1 Å². The van der Waals surface area contributed by atoms with Gasteiger partial charge in [0, 0.05) is 23.6 Å². The molecule has 4 rings (SSSR count). The van der Waals surface area contributed by atoms with Crippen molar-refractivity contribution in [2.75, 3.05) is 12.4 Å². The standard InChI is InChI=1S/C24H21ClN2O3/c1-30-22-12-11-18(25)14-20(22)26-23(28)21(13-16-7-3-2-4-8-16)27-15-17-9-5-6-10-19(17)24(27)29/h2-12,14,21H,13,15H2,1H3,(H,26,28)/t21-/m0/s1. The van der Waals surface area contributed by atoms with E-state index >= 15 is 0 Å². The number of rotatable bonds is 6. The summed E-state index contributed by atoms with van der Waals surface area (Å²) in [6.07, 6.45) is 0.398. The van der Waals surface area contributed by atoms with Gasteiger partial charge in [-0.15, -0.1) is 0 Å². The van der Waals surface area contributed by atoms with Gasteiger partial charge in [0.1, 0.15) is 11.8 Å². The minimum atomic E-state index is -0.684. The van der Waals surface area contributed by atoms with Gasteiger partial charge in [0.25, 0.3) is 5.91 Å². The summed E-state index contributed by atoms with van der Waals surface area (Å²) in [5.74, 6) is 0.0718. The first-order chi connectivity index (χ1) is 14.6. The Bertz CT molecular complexity index is 1080. The van der Waals surface area contributed by atoms with Gasteiger partial charge in [0.2, 0.25) is 5.91 Å². The number of carbonyl (C=O) groups excluding carboxylic acids is 2. The van der Waals surface area contributed by atoms with Crippen LogP contribution in [0.3, 0.4) is 0 Å². The number of methoxy groups -OCH3 is 1. The van der Waals surface area contributed by atoms with Crippen LogP contribution in [0.5, 0.6) is 5.75 Å². The summed E-state index contributed by atoms with van der Waals surface area (Å²) in [6.45, 7) is 0.395. The Kier molecular flexibility index (Phi) is 5.72. The molecule has 0 saturated heterocycles. The fourth-order valence-corrected chi connectivity index (χ4v) is 3.88. The van der Waals surface area contributed by atoms with Crippen molar-refractivity contribution in [3.8, 4) is 5.75 Å². The summed E-state index contributed by atoms with van der Waals surface area (Å²) in [5, 5.41) is 3.39. The van der Waals surface area contributed by atoms with E-state index in [-0.39, 0.29) is 11.8 Å². The van der Waals surface area contributed by atoms with Crippen molar-refractivity contribution in [3.63, 3.8) is 0 Å². The minimum absolute atomic E-state index is 0.139. The SMILES string of the molecule is COc1ccc(Cl)cc1NC(=O)[C@H](Cc1ccccc1)N1Cc2ccccc2C1=O. The van der Waals surface area contributed by atoms with Crippen LogP contribution in [0.4, 0.5) is 5.69 Å². The molecule has 0 unspecified atom stereocenters. The summed E-state index contributed by atoms with van der Waals surface area (Å²) in [4.78, 5) is 28.1. The lowest BCUT2D eigenvalue weighted by atomic mass is 10.0. The van der Waals surface area contributed by atoms with Crippen LogP contribution < -0.4 is 10.1 Å². The maximum Gasteiger partial charge on any atom is 0.255 e. The second kappa shape index (κ2) is 8.59. The first-order valence-electron chi connectivity index (χ1n) is 9.64. The third-order valence-electron chi connectivity index (χ3n) is 5.22. The molecule has 0 aromatic heterocycles. The van der Waals surface area contributed by atoms with Crippen molar-refractivity contribution in [1.82, 2.24) is 4.90 Å². The Morgan fingerprint density at radius 3 is 2.57 bits per heavy atom. The van der Waals surface area contributed by atoms with Crippen LogP contribution >= 0.6 is 11.6 Å². The van der Waals surface area contributed by atoms with Crippen LogP contribution in [0.1, 0.15) is 21.5 Å². The highest BCUT2D eigenvalue weighted by Crippen LogP contribution is 2.30. The molecule has 0 saturated carbocycles. The minimum Gasteiger partial charge on any atom is -0.495 e. The van der Waals surface area contributed by atoms with E-state index in [2.05, 4.69) is 5.32 Å². The van der Waals surface area contributed by atoms with Gasteiger partial charge in [-0.05, 0) is 35.4 Å². The Morgan fingerprint density at radius 1 is 1.10 bits per heavy atom. The average Bonchev–Trinajstić information content (AvgIpc) is 3.09. The van der Waals surface area contributed by atoms with Gasteiger partial charge < -0.3 is 15.0 Å². The van der Waals surface area contributed by atoms with E-state index in [0.29, 0.717) is 35.0 Å². The van der Waals surface area contributed by atoms with Gasteiger partial charge in [0.15, 0.2) is 0 Å². The zero-order chi connectivity index (χ0) is 21.1. The number of fused-ring (bicyclic) bond motifs is 1. The molecule has 1 N–H and O–H groups in total. The molecule has 152 valence electrons. The van der Waals surface area contributed by atoms with E-state index < -0.39 is 6.04 Å². The maximum absolute atomic E-state index is 13.4. The van der Waals surface area contributed by atoms with Crippen molar-refractivity contribution in [2.24, 2.45) is 0 Å². The van der Waals surface area contributed by atoms with Crippen LogP contribution in [-0.2, 0) is 17.8 Å². The maximum atomic E-state index is 13.4. The lowest BCUT2D eigenvalue weighted by Crippen LogP contribution is -2.45. The van der Waals surface area contributed by atoms with Gasteiger partial charge in [0.05, 0.1) is 12.8 Å². The number of benzene rings is 3. The monoisotopic (exact) mass is 420 g/mol. The predicted octanol–water partition coefficient (Wildman–Crippen LogP) is 4.55. The largest absolute Gasteiger partial charge is 0.495 e. The molecule has 6 heteroatoms. The Hall–Kier alpha value is -3.31. The lowest BCUT2D eigenvalue weighted by molar-refractivity contribution is -0.120. The first-order valence-corrected chi connectivity index (χ1v) is 10.0. The molecular weight excluding hydrogens is 400 g/mol. The molecule has 1 aliphatic heterocycles. The van der Waals surface area contributed by atoms with E-state index in [1.54, 1.807) is 29.2 Å². The van der Waals surface area contributed by atoms with Gasteiger partial charge >= 0.3 is 0 Å². The topological polar surface area (TPSA) is 58.6 Å². The Balaban J connectivity index is 1.65. The molecular formula is C24H21ClN2O3. The van der Waals surface area contributed by atoms with E-state index in [1.165, 1.54) is 7.11 Å². The van der Waals surface area contributed by atoms with Crippen molar-refractivity contribution in [1.29, 1.82) is 0 Å². The molecule has 2 amide bonds. The van der Waals surface area contributed by atoms with Crippen molar-refractivity contribution in [3.05, 3.63) is 94.5 Å². The summed E-state index contributed by atoms with van der Waals surface area (Å²) in [7, 11) is 1.53. The third-order valence-corrected chi connectivity index (χ3v) is 5.45. The van der Waals surface area contributed by atoms with Crippen LogP contribution in [0.2, 0.25) is 5.02 Å². The van der Waals surface area contributed by atoms with Crippen LogP contribution in [0, 0.1) is 0 Å². The van der Waals surface area contributed by atoms with E-state index in [9.17, 15) is 9.59 Å². The number of hydrogen-bond donors (Lipinski definition) is 1. The molecule has 0 bridgehead atoms. The third kappa shape index (κ3) is 4.02. The summed E-state index contributed by atoms with van der Waals surface area (Å²) in [6, 6.07) is 21.5. The second-order valence-electron chi connectivity index (χ2n) is 7.13. The fraction of sp³-hybridized carbons (Fsp3) is 0.167. The number of anilines is 1. The lowest BCUT2D eigenvalue weighted by Gasteiger charge is -2.27. The predicted molar refractivity (Wildman–Crippen MR) is 117 cm³/mol. The molecule has 0 aliphatic carbocycles. The molecule has 0 spiro atoms. The van der Waals surface area contributed by atoms with Crippen LogP contribution in [0.25, 0.3) is 0 Å². The van der Waals surface area contributed by atoms with Gasteiger partial charge in [-0.3, -0.25) is 9.59 Å². The number of carbonyl (C=O) groups is 2. The smallest absolute Gasteiger partial charge is 0.255 e. The molecule has 1 heterocycles. The van der Waals surface area contributed by atoms with Gasteiger partial charge in [-0.25, -0.2) is 0 Å². The number of hydrogen-bond acceptors (Lipinski definition) is 3. The van der Waals surface area contributed by atoms with Gasteiger partial charge in [-0.2, -0.15) is 0 Å². The van der Waals surface area contributed by atoms with E-state index in [1.807, 2.05) is 48.5 Å². The Morgan fingerprint density at radius 2 is 1.83 bits per heavy atom. The zero-order valence-electron chi connectivity index (χ0n) is 16.5. The number of nitrogens with one attached hydrogen (secondary N) is 1. The first kappa shape index (κ1) is 20.0. The summed E-state index contributed by atoms with van der Waals surface area (Å²) < 4.78 is 5.34. The van der Waals surface area contributed by atoms with E-state index in [4.69, 9.17) is 16.3 Å². The van der Waals surface area contributed by atoms with Crippen molar-refractivity contribution >= 4 is 29.1 Å². The number of amides is 2. The molecule has 1 aliphatic rings. The quantitative estimate of drug-likeness (QED) is 0.636. The van der Waals surface area contributed by atoms with Crippen molar-refractivity contribution < 1.29 is 14.3 Å². The average molecular weight is 421 g/mol. The normalized spacial score (nSPS) is 13.7. The van der Waals surface area contributed by atoms with Crippen LogP contribution in [-0.4, -0.2) is 29.9 Å². The molecule has 0 fully saturated rings. The zero-order valence-corrected chi connectivity index (χ0v) is 17.2. The fourth-order valence-electron chi connectivity index (χ4n) is 3.70. The van der Waals surface area contributed by atoms with Crippen molar-refractivity contribution in [2.45, 2.75) is 19.0 Å². The molecule has 3 aromatic rings. The molecule has 0 radical (unpaired) electrons. The molecule has 3 aromatic carbocycles. The highest BCUT2D eigenvalue weighted by atomic mass is 35.5. The van der Waals surface area contributed by atoms with Crippen LogP contribution in [0.15, 0.2) is 72.8 Å². The highest BCUT2D eigenvalue weighted by molar-refractivity contribution is 6.31. The second-order valence-corrected chi connectivity index (χ2v) is 7.57. The number of halogens is 1. The number of nitrogens with zero attached hydrogens (tertiary/aromatic N) is 1. The van der Waals surface area contributed by atoms with E-state index in [0.717, 1.165) is 11.1 Å². The molecule has 5 nitrogen and oxygen atoms in total. The Labute approximate surface area is 180 Å².